The first kappa shape index (κ1) is 29.8. The van der Waals surface area contributed by atoms with Crippen LogP contribution in [0.5, 0.6) is 0 Å². The molecular formula is C20H36N6O7. The van der Waals surface area contributed by atoms with Gasteiger partial charge < -0.3 is 38.3 Å². The van der Waals surface area contributed by atoms with Gasteiger partial charge in [0.05, 0.1) is 12.5 Å². The first-order valence-electron chi connectivity index (χ1n) is 10.6. The Morgan fingerprint density at radius 3 is 1.73 bits per heavy atom. The summed E-state index contributed by atoms with van der Waals surface area (Å²) >= 11 is 0. The van der Waals surface area contributed by atoms with Crippen LogP contribution in [-0.2, 0) is 28.8 Å². The largest absolute Gasteiger partial charge is 0.480 e. The molecule has 0 aliphatic carbocycles. The highest BCUT2D eigenvalue weighted by atomic mass is 16.4. The highest BCUT2D eigenvalue weighted by Crippen LogP contribution is 2.07. The monoisotopic (exact) mass is 472 g/mol. The summed E-state index contributed by atoms with van der Waals surface area (Å²) in [5.41, 5.74) is 16.1. The molecule has 13 nitrogen and oxygen atoms in total. The van der Waals surface area contributed by atoms with Crippen molar-refractivity contribution in [1.82, 2.24) is 16.0 Å². The number of nitrogens with two attached hydrogens (primary N) is 3. The molecule has 0 spiro atoms. The van der Waals surface area contributed by atoms with Crippen LogP contribution in [0.2, 0.25) is 0 Å². The van der Waals surface area contributed by atoms with E-state index in [1.165, 1.54) is 0 Å². The Bertz CT molecular complexity index is 740. The van der Waals surface area contributed by atoms with Crippen LogP contribution in [0, 0.1) is 11.8 Å². The van der Waals surface area contributed by atoms with E-state index in [2.05, 4.69) is 16.0 Å². The van der Waals surface area contributed by atoms with Crippen molar-refractivity contribution in [2.45, 2.75) is 77.5 Å². The van der Waals surface area contributed by atoms with Crippen LogP contribution in [0.15, 0.2) is 0 Å². The molecule has 10 N–H and O–H groups in total. The standard InChI is InChI=1S/C20H36N6O7/c1-9(2)7-11(21)17(29)25-13(8-15(23)28)19(31)24-12(5-6-14(22)27)18(30)26-16(10(3)4)20(32)33/h9-13,16H,5-8,21H2,1-4H3,(H2,22,27)(H2,23,28)(H,24,31)(H,25,29)(H,26,30)(H,32,33). The molecule has 0 saturated carbocycles. The minimum Gasteiger partial charge on any atom is -0.480 e. The smallest absolute Gasteiger partial charge is 0.326 e. The van der Waals surface area contributed by atoms with E-state index >= 15 is 0 Å². The number of hydrogen-bond donors (Lipinski definition) is 7. The van der Waals surface area contributed by atoms with E-state index in [0.717, 1.165) is 0 Å². The number of carbonyl (C=O) groups is 6. The minimum atomic E-state index is -1.43. The molecule has 0 bridgehead atoms. The maximum Gasteiger partial charge on any atom is 0.326 e. The summed E-state index contributed by atoms with van der Waals surface area (Å²) in [7, 11) is 0. The van der Waals surface area contributed by atoms with Crippen molar-refractivity contribution in [3.63, 3.8) is 0 Å². The van der Waals surface area contributed by atoms with Crippen LogP contribution in [0.3, 0.4) is 0 Å². The molecular weight excluding hydrogens is 436 g/mol. The van der Waals surface area contributed by atoms with Crippen molar-refractivity contribution < 1.29 is 33.9 Å². The second-order valence-corrected chi connectivity index (χ2v) is 8.60. The van der Waals surface area contributed by atoms with Gasteiger partial charge in [-0.15, -0.1) is 0 Å². The Labute approximate surface area is 192 Å². The van der Waals surface area contributed by atoms with Crippen molar-refractivity contribution in [2.24, 2.45) is 29.0 Å². The molecule has 0 fully saturated rings. The molecule has 0 aromatic rings. The molecule has 0 saturated heterocycles. The average molecular weight is 473 g/mol. The Morgan fingerprint density at radius 2 is 1.30 bits per heavy atom. The van der Waals surface area contributed by atoms with E-state index in [1.807, 2.05) is 13.8 Å². The van der Waals surface area contributed by atoms with E-state index in [4.69, 9.17) is 17.2 Å². The van der Waals surface area contributed by atoms with Crippen LogP contribution in [0.25, 0.3) is 0 Å². The van der Waals surface area contributed by atoms with Crippen molar-refractivity contribution in [1.29, 1.82) is 0 Å². The summed E-state index contributed by atoms with van der Waals surface area (Å²) in [5, 5.41) is 16.3. The van der Waals surface area contributed by atoms with Gasteiger partial charge in [0.25, 0.3) is 0 Å². The molecule has 0 aliphatic heterocycles. The number of aliphatic carboxylic acids is 1. The van der Waals surface area contributed by atoms with Crippen LogP contribution < -0.4 is 33.2 Å². The van der Waals surface area contributed by atoms with Crippen LogP contribution in [0.4, 0.5) is 0 Å². The molecule has 4 atom stereocenters. The molecule has 0 aromatic heterocycles. The molecule has 0 aromatic carbocycles. The fourth-order valence-electron chi connectivity index (χ4n) is 2.90. The van der Waals surface area contributed by atoms with Crippen molar-refractivity contribution in [3.05, 3.63) is 0 Å². The number of amides is 5. The Kier molecular flexibility index (Phi) is 12.7. The zero-order chi connectivity index (χ0) is 25.9. The van der Waals surface area contributed by atoms with Gasteiger partial charge in [0, 0.05) is 6.42 Å². The molecule has 0 rings (SSSR count). The fourth-order valence-corrected chi connectivity index (χ4v) is 2.90. The lowest BCUT2D eigenvalue weighted by Gasteiger charge is -2.25. The van der Waals surface area contributed by atoms with E-state index < -0.39 is 72.0 Å². The zero-order valence-corrected chi connectivity index (χ0v) is 19.4. The molecule has 4 unspecified atom stereocenters. The number of hydrogen-bond acceptors (Lipinski definition) is 7. The Hall–Kier alpha value is -3.22. The summed E-state index contributed by atoms with van der Waals surface area (Å²) in [4.78, 5) is 71.8. The number of carboxylic acids is 1. The van der Waals surface area contributed by atoms with Gasteiger partial charge >= 0.3 is 5.97 Å². The summed E-state index contributed by atoms with van der Waals surface area (Å²) in [6.07, 6.45) is -0.766. The maximum absolute atomic E-state index is 12.8. The van der Waals surface area contributed by atoms with Gasteiger partial charge in [-0.3, -0.25) is 24.0 Å². The second-order valence-electron chi connectivity index (χ2n) is 8.60. The summed E-state index contributed by atoms with van der Waals surface area (Å²) in [6, 6.07) is -4.98. The number of rotatable bonds is 15. The summed E-state index contributed by atoms with van der Waals surface area (Å²) < 4.78 is 0. The lowest BCUT2D eigenvalue weighted by atomic mass is 10.0. The summed E-state index contributed by atoms with van der Waals surface area (Å²) in [5.74, 6) is -5.78. The number of primary amides is 2. The van der Waals surface area contributed by atoms with Gasteiger partial charge in [0.2, 0.25) is 29.5 Å². The maximum atomic E-state index is 12.8. The van der Waals surface area contributed by atoms with Crippen molar-refractivity contribution in [2.75, 3.05) is 0 Å². The number of carboxylic acid groups (broad SMARTS) is 1. The first-order valence-corrected chi connectivity index (χ1v) is 10.6. The van der Waals surface area contributed by atoms with E-state index in [9.17, 15) is 33.9 Å². The van der Waals surface area contributed by atoms with Gasteiger partial charge in [-0.05, 0) is 24.7 Å². The number of nitrogens with one attached hydrogen (secondary N) is 3. The highest BCUT2D eigenvalue weighted by Gasteiger charge is 2.32. The minimum absolute atomic E-state index is 0.0965. The Morgan fingerprint density at radius 1 is 0.788 bits per heavy atom. The number of carbonyl (C=O) groups excluding carboxylic acids is 5. The lowest BCUT2D eigenvalue weighted by Crippen LogP contribution is -2.58. The van der Waals surface area contributed by atoms with Gasteiger partial charge in [0.15, 0.2) is 0 Å². The van der Waals surface area contributed by atoms with Gasteiger partial charge in [-0.2, -0.15) is 0 Å². The third kappa shape index (κ3) is 11.8. The third-order valence-electron chi connectivity index (χ3n) is 4.64. The van der Waals surface area contributed by atoms with Crippen molar-refractivity contribution in [3.8, 4) is 0 Å². The van der Waals surface area contributed by atoms with Gasteiger partial charge in [0.1, 0.15) is 18.1 Å². The third-order valence-corrected chi connectivity index (χ3v) is 4.64. The molecule has 13 heteroatoms. The van der Waals surface area contributed by atoms with Gasteiger partial charge in [-0.1, -0.05) is 27.7 Å². The Balaban J connectivity index is 5.58. The molecule has 33 heavy (non-hydrogen) atoms. The first-order chi connectivity index (χ1) is 15.1. The van der Waals surface area contributed by atoms with E-state index in [0.29, 0.717) is 6.42 Å². The average Bonchev–Trinajstić information content (AvgIpc) is 2.66. The molecule has 0 radical (unpaired) electrons. The highest BCUT2D eigenvalue weighted by molar-refractivity contribution is 5.96. The fraction of sp³-hybridized carbons (Fsp3) is 0.700. The van der Waals surface area contributed by atoms with Crippen LogP contribution >= 0.6 is 0 Å². The predicted octanol–water partition coefficient (Wildman–Crippen LogP) is -2.30. The molecule has 5 amide bonds. The molecule has 0 heterocycles. The zero-order valence-electron chi connectivity index (χ0n) is 19.4. The van der Waals surface area contributed by atoms with E-state index in [-0.39, 0.29) is 18.8 Å². The van der Waals surface area contributed by atoms with Crippen LogP contribution in [-0.4, -0.2) is 64.8 Å². The van der Waals surface area contributed by atoms with Crippen LogP contribution in [0.1, 0.15) is 53.4 Å². The molecule has 188 valence electrons. The quantitative estimate of drug-likeness (QED) is 0.136. The summed E-state index contributed by atoms with van der Waals surface area (Å²) in [6.45, 7) is 6.86. The predicted molar refractivity (Wildman–Crippen MR) is 118 cm³/mol. The second kappa shape index (κ2) is 14.0. The lowest BCUT2D eigenvalue weighted by molar-refractivity contribution is -0.143. The topological polar surface area (TPSA) is 237 Å². The normalized spacial score (nSPS) is 14.6. The van der Waals surface area contributed by atoms with Gasteiger partial charge in [-0.25, -0.2) is 4.79 Å². The van der Waals surface area contributed by atoms with Crippen molar-refractivity contribution >= 4 is 35.5 Å². The SMILES string of the molecule is CC(C)CC(N)C(=O)NC(CC(N)=O)C(=O)NC(CCC(N)=O)C(=O)NC(C(=O)O)C(C)C. The molecule has 0 aliphatic rings. The van der Waals surface area contributed by atoms with E-state index in [1.54, 1.807) is 13.8 Å².